The van der Waals surface area contributed by atoms with E-state index in [-0.39, 0.29) is 0 Å². The van der Waals surface area contributed by atoms with Crippen LogP contribution in [0.5, 0.6) is 0 Å². The van der Waals surface area contributed by atoms with E-state index in [1.807, 2.05) is 0 Å². The molecule has 2 heteroatoms. The van der Waals surface area contributed by atoms with Crippen molar-refractivity contribution in [3.8, 4) is 0 Å². The predicted molar refractivity (Wildman–Crippen MR) is 109 cm³/mol. The summed E-state index contributed by atoms with van der Waals surface area (Å²) in [6, 6.07) is 0. The highest BCUT2D eigenvalue weighted by atomic mass is 16.7. The van der Waals surface area contributed by atoms with Crippen molar-refractivity contribution in [1.82, 2.24) is 0 Å². The number of ether oxygens (including phenoxy) is 2. The molecular formula is C23H44O2. The summed E-state index contributed by atoms with van der Waals surface area (Å²) in [4.78, 5) is 0. The zero-order chi connectivity index (χ0) is 18.0. The van der Waals surface area contributed by atoms with Gasteiger partial charge in [0.15, 0.2) is 5.76 Å². The van der Waals surface area contributed by atoms with Crippen molar-refractivity contribution in [2.75, 3.05) is 6.61 Å². The number of allylic oxidation sites excluding steroid dienone is 1. The number of hydrogen-bond donors (Lipinski definition) is 0. The van der Waals surface area contributed by atoms with Crippen LogP contribution < -0.4 is 0 Å². The lowest BCUT2D eigenvalue weighted by molar-refractivity contribution is 0.148. The fourth-order valence-electron chi connectivity index (χ4n) is 3.35. The maximum atomic E-state index is 5.69. The van der Waals surface area contributed by atoms with Gasteiger partial charge in [0.2, 0.25) is 0 Å². The van der Waals surface area contributed by atoms with Gasteiger partial charge in [0.1, 0.15) is 0 Å². The first-order valence-corrected chi connectivity index (χ1v) is 11.4. The molecule has 1 aliphatic rings. The average molecular weight is 353 g/mol. The van der Waals surface area contributed by atoms with Gasteiger partial charge in [0.25, 0.3) is 0 Å². The molecule has 0 atom stereocenters. The van der Waals surface area contributed by atoms with E-state index in [9.17, 15) is 0 Å². The smallest absolute Gasteiger partial charge is 0.325 e. The van der Waals surface area contributed by atoms with Crippen molar-refractivity contribution in [2.24, 2.45) is 0 Å². The molecule has 0 aromatic heterocycles. The fourth-order valence-corrected chi connectivity index (χ4v) is 3.35. The normalized spacial score (nSPS) is 13.2. The Morgan fingerprint density at radius 2 is 1.00 bits per heavy atom. The lowest BCUT2D eigenvalue weighted by Gasteiger charge is -2.01. The van der Waals surface area contributed by atoms with E-state index in [2.05, 4.69) is 13.8 Å². The zero-order valence-electron chi connectivity index (χ0n) is 17.3. The Hall–Kier alpha value is -0.660. The Morgan fingerprint density at radius 3 is 1.52 bits per heavy atom. The van der Waals surface area contributed by atoms with Crippen LogP contribution in [0.2, 0.25) is 0 Å². The Labute approximate surface area is 157 Å². The molecule has 0 aromatic rings. The van der Waals surface area contributed by atoms with Gasteiger partial charge in [0.05, 0.1) is 6.61 Å². The second-order valence-corrected chi connectivity index (χ2v) is 7.71. The monoisotopic (exact) mass is 352 g/mol. The van der Waals surface area contributed by atoms with E-state index >= 15 is 0 Å². The lowest BCUT2D eigenvalue weighted by Crippen LogP contribution is -1.89. The van der Waals surface area contributed by atoms with E-state index in [0.29, 0.717) is 0 Å². The lowest BCUT2D eigenvalue weighted by atomic mass is 10.1. The number of rotatable bonds is 20. The van der Waals surface area contributed by atoms with Crippen LogP contribution in [-0.4, -0.2) is 6.61 Å². The van der Waals surface area contributed by atoms with Crippen LogP contribution in [0.3, 0.4) is 0 Å². The minimum Gasteiger partial charge on any atom is -0.463 e. The maximum Gasteiger partial charge on any atom is 0.325 e. The van der Waals surface area contributed by atoms with Gasteiger partial charge < -0.3 is 9.47 Å². The topological polar surface area (TPSA) is 21.8 Å². The van der Waals surface area contributed by atoms with Crippen molar-refractivity contribution < 1.29 is 9.47 Å². The Morgan fingerprint density at radius 1 is 0.560 bits per heavy atom. The second-order valence-electron chi connectivity index (χ2n) is 7.71. The molecule has 0 N–H and O–H groups in total. The molecule has 0 aliphatic carbocycles. The summed E-state index contributed by atoms with van der Waals surface area (Å²) >= 11 is 0. The van der Waals surface area contributed by atoms with Crippen molar-refractivity contribution in [2.45, 2.75) is 129 Å². The first-order chi connectivity index (χ1) is 12.4. The molecule has 0 amide bonds. The molecule has 0 bridgehead atoms. The molecule has 2 nitrogen and oxygen atoms in total. The van der Waals surface area contributed by atoms with E-state index in [0.717, 1.165) is 24.7 Å². The minimum absolute atomic E-state index is 0.838. The van der Waals surface area contributed by atoms with Gasteiger partial charge in [0, 0.05) is 6.42 Å². The van der Waals surface area contributed by atoms with Gasteiger partial charge >= 0.3 is 5.95 Å². The Kier molecular flexibility index (Phi) is 15.0. The van der Waals surface area contributed by atoms with Gasteiger partial charge in [-0.05, 0) is 12.8 Å². The van der Waals surface area contributed by atoms with Gasteiger partial charge in [-0.3, -0.25) is 0 Å². The largest absolute Gasteiger partial charge is 0.463 e. The minimum atomic E-state index is 0.838. The molecule has 1 heterocycles. The summed E-state index contributed by atoms with van der Waals surface area (Å²) in [7, 11) is 0. The number of unbranched alkanes of at least 4 members (excludes halogenated alkanes) is 15. The molecule has 0 saturated carbocycles. The van der Waals surface area contributed by atoms with Crippen LogP contribution in [-0.2, 0) is 9.47 Å². The third-order valence-corrected chi connectivity index (χ3v) is 5.14. The van der Waals surface area contributed by atoms with Gasteiger partial charge in [-0.2, -0.15) is 0 Å². The molecule has 148 valence electrons. The van der Waals surface area contributed by atoms with Crippen LogP contribution in [0.15, 0.2) is 11.7 Å². The highest BCUT2D eigenvalue weighted by Gasteiger charge is 2.26. The highest BCUT2D eigenvalue weighted by molar-refractivity contribution is 5.10. The summed E-state index contributed by atoms with van der Waals surface area (Å²) in [5.41, 5.74) is 0. The van der Waals surface area contributed by atoms with Gasteiger partial charge in [-0.25, -0.2) is 0 Å². The molecule has 0 fully saturated rings. The average Bonchev–Trinajstić information content (AvgIpc) is 3.37. The molecule has 0 saturated heterocycles. The van der Waals surface area contributed by atoms with Crippen LogP contribution in [0.25, 0.3) is 0 Å². The Balaban J connectivity index is 1.77. The molecule has 1 aliphatic heterocycles. The van der Waals surface area contributed by atoms with E-state index in [1.54, 1.807) is 0 Å². The predicted octanol–water partition coefficient (Wildman–Crippen LogP) is 8.26. The van der Waals surface area contributed by atoms with Crippen molar-refractivity contribution in [1.29, 1.82) is 0 Å². The van der Waals surface area contributed by atoms with E-state index < -0.39 is 0 Å². The summed E-state index contributed by atoms with van der Waals surface area (Å²) in [5.74, 6) is 1.98. The SMILES string of the molecule is CCCCCCCCCCCCC1=C(OCCCCCCCCC)O1. The molecule has 0 radical (unpaired) electrons. The van der Waals surface area contributed by atoms with Crippen molar-refractivity contribution >= 4 is 0 Å². The quantitative estimate of drug-likeness (QED) is 0.206. The molecule has 1 rings (SSSR count). The standard InChI is InChI=1S/C23H44O2/c1-3-5-7-9-11-12-13-14-16-18-20-22-23(25-22)24-21-19-17-15-10-8-6-4-2/h3-21H2,1-2H3. The van der Waals surface area contributed by atoms with Crippen LogP contribution in [0, 0.1) is 0 Å². The second kappa shape index (κ2) is 16.8. The maximum absolute atomic E-state index is 5.69. The molecular weight excluding hydrogens is 308 g/mol. The molecule has 25 heavy (non-hydrogen) atoms. The summed E-state index contributed by atoms with van der Waals surface area (Å²) < 4.78 is 11.2. The summed E-state index contributed by atoms with van der Waals surface area (Å²) in [5, 5.41) is 0. The zero-order valence-corrected chi connectivity index (χ0v) is 17.3. The molecule has 0 aromatic carbocycles. The van der Waals surface area contributed by atoms with E-state index in [4.69, 9.17) is 9.47 Å². The first-order valence-electron chi connectivity index (χ1n) is 11.4. The van der Waals surface area contributed by atoms with Gasteiger partial charge in [-0.15, -0.1) is 0 Å². The van der Waals surface area contributed by atoms with E-state index in [1.165, 1.54) is 109 Å². The molecule has 0 spiro atoms. The highest BCUT2D eigenvalue weighted by Crippen LogP contribution is 2.32. The van der Waals surface area contributed by atoms with Gasteiger partial charge in [-0.1, -0.05) is 110 Å². The van der Waals surface area contributed by atoms with Crippen LogP contribution in [0.1, 0.15) is 129 Å². The summed E-state index contributed by atoms with van der Waals surface area (Å²) in [6.07, 6.45) is 24.3. The fraction of sp³-hybridized carbons (Fsp3) is 0.913. The molecule has 0 unspecified atom stereocenters. The summed E-state index contributed by atoms with van der Waals surface area (Å²) in [6.45, 7) is 5.39. The van der Waals surface area contributed by atoms with Crippen molar-refractivity contribution in [3.63, 3.8) is 0 Å². The van der Waals surface area contributed by atoms with Crippen LogP contribution >= 0.6 is 0 Å². The van der Waals surface area contributed by atoms with Crippen LogP contribution in [0.4, 0.5) is 0 Å². The first kappa shape index (κ1) is 22.4. The Bertz CT molecular complexity index is 322. The third kappa shape index (κ3) is 14.2. The van der Waals surface area contributed by atoms with Crippen molar-refractivity contribution in [3.05, 3.63) is 11.7 Å². The number of hydrogen-bond acceptors (Lipinski definition) is 2. The third-order valence-electron chi connectivity index (χ3n) is 5.14.